The van der Waals surface area contributed by atoms with Crippen LogP contribution in [0, 0.1) is 0 Å². The van der Waals surface area contributed by atoms with Crippen LogP contribution in [0.1, 0.15) is 18.2 Å². The fraction of sp³-hybridized carbons (Fsp3) is 0.312. The van der Waals surface area contributed by atoms with Crippen molar-refractivity contribution < 1.29 is 13.2 Å². The van der Waals surface area contributed by atoms with Crippen LogP contribution in [0.25, 0.3) is 0 Å². The van der Waals surface area contributed by atoms with Gasteiger partial charge in [-0.3, -0.25) is 4.79 Å². The maximum atomic E-state index is 12.3. The molecule has 2 rings (SSSR count). The predicted octanol–water partition coefficient (Wildman–Crippen LogP) is 3.88. The van der Waals surface area contributed by atoms with Crippen molar-refractivity contribution in [2.75, 3.05) is 13.1 Å². The number of sulfonamides is 1. The minimum atomic E-state index is -3.62. The summed E-state index contributed by atoms with van der Waals surface area (Å²) in [6, 6.07) is 10.0. The SMILES string of the molecule is CCN(Cc1ccc(Cl)s1)C(=O)CCNS(=O)(=O)c1ccc(Br)cc1. The fourth-order valence-corrected chi connectivity index (χ4v) is 4.55. The number of carbonyl (C=O) groups excluding carboxylic acids is 1. The normalized spacial score (nSPS) is 11.5. The van der Waals surface area contributed by atoms with Gasteiger partial charge in [0.05, 0.1) is 15.8 Å². The summed E-state index contributed by atoms with van der Waals surface area (Å²) in [5.41, 5.74) is 0. The van der Waals surface area contributed by atoms with Crippen molar-refractivity contribution in [3.05, 3.63) is 50.1 Å². The molecule has 0 saturated heterocycles. The number of hydrogen-bond donors (Lipinski definition) is 1. The van der Waals surface area contributed by atoms with Crippen LogP contribution in [-0.2, 0) is 21.4 Å². The molecule has 1 aromatic heterocycles. The quantitative estimate of drug-likeness (QED) is 0.643. The Labute approximate surface area is 165 Å². The zero-order chi connectivity index (χ0) is 18.4. The first-order valence-electron chi connectivity index (χ1n) is 7.59. The van der Waals surface area contributed by atoms with E-state index < -0.39 is 10.0 Å². The second-order valence-electron chi connectivity index (χ2n) is 5.22. The Kier molecular flexibility index (Phi) is 7.45. The summed E-state index contributed by atoms with van der Waals surface area (Å²) in [6.07, 6.45) is 0.0999. The molecule has 136 valence electrons. The summed E-state index contributed by atoms with van der Waals surface area (Å²) in [4.78, 5) is 15.2. The lowest BCUT2D eigenvalue weighted by Crippen LogP contribution is -2.34. The highest BCUT2D eigenvalue weighted by Gasteiger charge is 2.17. The van der Waals surface area contributed by atoms with E-state index in [2.05, 4.69) is 20.7 Å². The van der Waals surface area contributed by atoms with Crippen molar-refractivity contribution in [3.63, 3.8) is 0 Å². The molecule has 0 aliphatic carbocycles. The van der Waals surface area contributed by atoms with Gasteiger partial charge in [0.1, 0.15) is 0 Å². The zero-order valence-electron chi connectivity index (χ0n) is 13.5. The van der Waals surface area contributed by atoms with E-state index in [0.717, 1.165) is 9.35 Å². The number of benzene rings is 1. The summed E-state index contributed by atoms with van der Waals surface area (Å²) >= 11 is 10.6. The minimum absolute atomic E-state index is 0.0545. The molecule has 1 N–H and O–H groups in total. The number of halogens is 2. The largest absolute Gasteiger partial charge is 0.338 e. The number of hydrogen-bond acceptors (Lipinski definition) is 4. The lowest BCUT2D eigenvalue weighted by molar-refractivity contribution is -0.131. The summed E-state index contributed by atoms with van der Waals surface area (Å²) in [5, 5.41) is 0. The van der Waals surface area contributed by atoms with Gasteiger partial charge in [-0.1, -0.05) is 27.5 Å². The molecule has 0 bridgehead atoms. The maximum Gasteiger partial charge on any atom is 0.240 e. The highest BCUT2D eigenvalue weighted by atomic mass is 79.9. The molecule has 0 atom stereocenters. The lowest BCUT2D eigenvalue weighted by Gasteiger charge is -2.20. The third-order valence-electron chi connectivity index (χ3n) is 3.46. The smallest absolute Gasteiger partial charge is 0.240 e. The highest BCUT2D eigenvalue weighted by Crippen LogP contribution is 2.22. The van der Waals surface area contributed by atoms with Gasteiger partial charge >= 0.3 is 0 Å². The molecule has 5 nitrogen and oxygen atoms in total. The number of nitrogens with zero attached hydrogens (tertiary/aromatic N) is 1. The number of rotatable bonds is 8. The van der Waals surface area contributed by atoms with E-state index in [0.29, 0.717) is 17.4 Å². The van der Waals surface area contributed by atoms with E-state index in [1.54, 1.807) is 23.1 Å². The highest BCUT2D eigenvalue weighted by molar-refractivity contribution is 9.10. The van der Waals surface area contributed by atoms with Crippen molar-refractivity contribution in [1.29, 1.82) is 0 Å². The van der Waals surface area contributed by atoms with Crippen molar-refractivity contribution in [3.8, 4) is 0 Å². The Hall–Kier alpha value is -0.930. The van der Waals surface area contributed by atoms with Gasteiger partial charge in [0.25, 0.3) is 0 Å². The molecule has 0 radical (unpaired) electrons. The first-order valence-corrected chi connectivity index (χ1v) is 11.1. The molecule has 25 heavy (non-hydrogen) atoms. The van der Waals surface area contributed by atoms with Gasteiger partial charge in [-0.15, -0.1) is 11.3 Å². The molecule has 1 heterocycles. The van der Waals surface area contributed by atoms with Gasteiger partial charge in [0, 0.05) is 28.9 Å². The Morgan fingerprint density at radius 2 is 1.92 bits per heavy atom. The summed E-state index contributed by atoms with van der Waals surface area (Å²) in [7, 11) is -3.62. The molecule has 0 aliphatic heterocycles. The minimum Gasteiger partial charge on any atom is -0.338 e. The van der Waals surface area contributed by atoms with Gasteiger partial charge in [-0.2, -0.15) is 0 Å². The molecule has 0 aliphatic rings. The van der Waals surface area contributed by atoms with Crippen molar-refractivity contribution >= 4 is 54.8 Å². The predicted molar refractivity (Wildman–Crippen MR) is 104 cm³/mol. The molecule has 1 amide bonds. The number of carbonyl (C=O) groups is 1. The van der Waals surface area contributed by atoms with Crippen LogP contribution < -0.4 is 4.72 Å². The summed E-state index contributed by atoms with van der Waals surface area (Å²) in [5.74, 6) is -0.106. The van der Waals surface area contributed by atoms with Crippen LogP contribution in [0.15, 0.2) is 45.8 Å². The average molecular weight is 466 g/mol. The number of nitrogens with one attached hydrogen (secondary N) is 1. The third kappa shape index (κ3) is 6.07. The lowest BCUT2D eigenvalue weighted by atomic mass is 10.3. The molecular formula is C16H18BrClN2O3S2. The topological polar surface area (TPSA) is 66.5 Å². The van der Waals surface area contributed by atoms with E-state index in [9.17, 15) is 13.2 Å². The molecule has 0 fully saturated rings. The zero-order valence-corrected chi connectivity index (χ0v) is 17.5. The van der Waals surface area contributed by atoms with Crippen LogP contribution in [0.2, 0.25) is 4.34 Å². The monoisotopic (exact) mass is 464 g/mol. The Balaban J connectivity index is 1.88. The van der Waals surface area contributed by atoms with Crippen molar-refractivity contribution in [2.45, 2.75) is 24.8 Å². The first-order chi connectivity index (χ1) is 11.8. The van der Waals surface area contributed by atoms with Gasteiger partial charge in [0.15, 0.2) is 0 Å². The maximum absolute atomic E-state index is 12.3. The second kappa shape index (κ2) is 9.14. The van der Waals surface area contributed by atoms with Crippen LogP contribution in [0.4, 0.5) is 0 Å². The Morgan fingerprint density at radius 1 is 1.24 bits per heavy atom. The van der Waals surface area contributed by atoms with Gasteiger partial charge < -0.3 is 4.90 Å². The van der Waals surface area contributed by atoms with E-state index in [4.69, 9.17) is 11.6 Å². The first kappa shape index (κ1) is 20.4. The van der Waals surface area contributed by atoms with Crippen LogP contribution in [0.3, 0.4) is 0 Å². The van der Waals surface area contributed by atoms with Crippen molar-refractivity contribution in [1.82, 2.24) is 9.62 Å². The molecule has 0 unspecified atom stereocenters. The Bertz CT molecular complexity index is 822. The molecule has 2 aromatic rings. The van der Waals surface area contributed by atoms with E-state index in [1.165, 1.54) is 23.5 Å². The number of amides is 1. The Morgan fingerprint density at radius 3 is 2.48 bits per heavy atom. The van der Waals surface area contributed by atoms with E-state index in [-0.39, 0.29) is 23.8 Å². The van der Waals surface area contributed by atoms with Gasteiger partial charge in [-0.25, -0.2) is 13.1 Å². The molecule has 1 aromatic carbocycles. The fourth-order valence-electron chi connectivity index (χ4n) is 2.15. The second-order valence-corrected chi connectivity index (χ2v) is 9.70. The molecule has 0 spiro atoms. The van der Waals surface area contributed by atoms with Crippen LogP contribution in [0.5, 0.6) is 0 Å². The molecule has 9 heteroatoms. The van der Waals surface area contributed by atoms with Crippen LogP contribution in [-0.4, -0.2) is 32.3 Å². The third-order valence-corrected chi connectivity index (χ3v) is 6.69. The molecule has 0 saturated carbocycles. The van der Waals surface area contributed by atoms with Crippen LogP contribution >= 0.6 is 38.9 Å². The average Bonchev–Trinajstić information content (AvgIpc) is 2.97. The standard InChI is InChI=1S/C16H18BrClN2O3S2/c1-2-20(11-13-5-8-15(18)24-13)16(21)9-10-19-25(22,23)14-6-3-12(17)4-7-14/h3-8,19H,2,9-11H2,1H3. The van der Waals surface area contributed by atoms with Gasteiger partial charge in [-0.05, 0) is 43.3 Å². The van der Waals surface area contributed by atoms with E-state index in [1.807, 2.05) is 13.0 Å². The molecular weight excluding hydrogens is 448 g/mol. The summed E-state index contributed by atoms with van der Waals surface area (Å²) < 4.78 is 28.3. The number of thiophene rings is 1. The van der Waals surface area contributed by atoms with Gasteiger partial charge in [0.2, 0.25) is 15.9 Å². The van der Waals surface area contributed by atoms with E-state index >= 15 is 0 Å². The summed E-state index contributed by atoms with van der Waals surface area (Å²) in [6.45, 7) is 2.97. The van der Waals surface area contributed by atoms with Crippen molar-refractivity contribution in [2.24, 2.45) is 0 Å².